The number of carbonyl (C=O) groups excluding carboxylic acids is 1. The Morgan fingerprint density at radius 1 is 1.03 bits per heavy atom. The van der Waals surface area contributed by atoms with Crippen LogP contribution in [0.5, 0.6) is 5.75 Å². The summed E-state index contributed by atoms with van der Waals surface area (Å²) in [7, 11) is 0. The third kappa shape index (κ3) is 5.14. The number of aromatic nitrogens is 3. The molecule has 164 valence electrons. The Hall–Kier alpha value is -3.67. The van der Waals surface area contributed by atoms with Gasteiger partial charge in [-0.1, -0.05) is 30.3 Å². The summed E-state index contributed by atoms with van der Waals surface area (Å²) < 4.78 is 8.18. The molecule has 2 aromatic heterocycles. The number of nitrogens with one attached hydrogen (secondary N) is 1. The van der Waals surface area contributed by atoms with E-state index < -0.39 is 0 Å². The Morgan fingerprint density at radius 2 is 1.88 bits per heavy atom. The maximum absolute atomic E-state index is 12.4. The van der Waals surface area contributed by atoms with E-state index >= 15 is 0 Å². The molecular weight excluding hydrogens is 400 g/mol. The number of amides is 1. The van der Waals surface area contributed by atoms with E-state index in [2.05, 4.69) is 53.0 Å². The lowest BCUT2D eigenvalue weighted by Crippen LogP contribution is -2.25. The number of ether oxygens (including phenoxy) is 1. The number of unbranched alkanes of at least 4 members (excludes halogenated alkanes) is 1. The molecule has 32 heavy (non-hydrogen) atoms. The van der Waals surface area contributed by atoms with E-state index in [0.29, 0.717) is 18.8 Å². The van der Waals surface area contributed by atoms with Gasteiger partial charge in [-0.3, -0.25) is 9.78 Å². The van der Waals surface area contributed by atoms with E-state index in [9.17, 15) is 4.79 Å². The largest absolute Gasteiger partial charge is 0.493 e. The Kier molecular flexibility index (Phi) is 6.80. The minimum Gasteiger partial charge on any atom is -0.493 e. The molecule has 1 N–H and O–H groups in total. The molecule has 4 rings (SSSR count). The molecule has 0 radical (unpaired) electrons. The molecule has 2 heterocycles. The zero-order valence-corrected chi connectivity index (χ0v) is 18.5. The third-order valence-electron chi connectivity index (χ3n) is 5.42. The van der Waals surface area contributed by atoms with Crippen molar-refractivity contribution >= 4 is 16.9 Å². The molecule has 0 fully saturated rings. The maximum atomic E-state index is 12.4. The van der Waals surface area contributed by atoms with Crippen LogP contribution in [0.25, 0.3) is 11.0 Å². The first kappa shape index (κ1) is 21.6. The second-order valence-corrected chi connectivity index (χ2v) is 7.89. The lowest BCUT2D eigenvalue weighted by molar-refractivity contribution is 0.0944. The molecule has 4 aromatic rings. The van der Waals surface area contributed by atoms with Crippen LogP contribution in [0.15, 0.2) is 66.9 Å². The highest BCUT2D eigenvalue weighted by Crippen LogP contribution is 2.20. The molecule has 0 saturated carbocycles. The lowest BCUT2D eigenvalue weighted by atomic mass is 10.1. The topological polar surface area (TPSA) is 69.0 Å². The molecule has 0 aliphatic rings. The number of carbonyl (C=O) groups is 1. The van der Waals surface area contributed by atoms with Gasteiger partial charge in [0.2, 0.25) is 0 Å². The SMILES string of the molecule is Cc1ccc(C)c(OCCCCn2c(CNC(=O)c3ccccn3)nc3ccccc32)c1. The van der Waals surface area contributed by atoms with E-state index in [0.717, 1.165) is 47.6 Å². The maximum Gasteiger partial charge on any atom is 0.270 e. The van der Waals surface area contributed by atoms with Crippen LogP contribution in [0, 0.1) is 13.8 Å². The van der Waals surface area contributed by atoms with Crippen molar-refractivity contribution in [3.8, 4) is 5.75 Å². The van der Waals surface area contributed by atoms with E-state index in [1.165, 1.54) is 5.56 Å². The summed E-state index contributed by atoms with van der Waals surface area (Å²) in [6.07, 6.45) is 3.50. The fourth-order valence-electron chi connectivity index (χ4n) is 3.67. The first-order valence-electron chi connectivity index (χ1n) is 11.0. The molecule has 0 unspecified atom stereocenters. The average Bonchev–Trinajstić information content (AvgIpc) is 3.17. The van der Waals surface area contributed by atoms with Crippen molar-refractivity contribution in [1.82, 2.24) is 19.9 Å². The van der Waals surface area contributed by atoms with Crippen LogP contribution in [0.1, 0.15) is 40.3 Å². The van der Waals surface area contributed by atoms with Gasteiger partial charge in [0.25, 0.3) is 5.91 Å². The monoisotopic (exact) mass is 428 g/mol. The van der Waals surface area contributed by atoms with Crippen molar-refractivity contribution in [2.75, 3.05) is 6.61 Å². The van der Waals surface area contributed by atoms with Gasteiger partial charge in [-0.2, -0.15) is 0 Å². The minimum absolute atomic E-state index is 0.203. The van der Waals surface area contributed by atoms with Crippen LogP contribution in [-0.2, 0) is 13.1 Å². The molecule has 0 aliphatic carbocycles. The fraction of sp³-hybridized carbons (Fsp3) is 0.269. The smallest absolute Gasteiger partial charge is 0.270 e. The van der Waals surface area contributed by atoms with Gasteiger partial charge in [0.1, 0.15) is 17.3 Å². The van der Waals surface area contributed by atoms with Crippen LogP contribution in [0.2, 0.25) is 0 Å². The van der Waals surface area contributed by atoms with Crippen LogP contribution in [0.3, 0.4) is 0 Å². The number of hydrogen-bond acceptors (Lipinski definition) is 4. The second-order valence-electron chi connectivity index (χ2n) is 7.89. The van der Waals surface area contributed by atoms with Crippen LogP contribution in [-0.4, -0.2) is 27.0 Å². The summed E-state index contributed by atoms with van der Waals surface area (Å²) in [5, 5.41) is 2.94. The number of hydrogen-bond donors (Lipinski definition) is 1. The summed E-state index contributed by atoms with van der Waals surface area (Å²) in [6, 6.07) is 19.6. The minimum atomic E-state index is -0.203. The molecule has 6 nitrogen and oxygen atoms in total. The molecule has 2 aromatic carbocycles. The molecule has 0 atom stereocenters. The van der Waals surface area contributed by atoms with Crippen molar-refractivity contribution in [3.63, 3.8) is 0 Å². The van der Waals surface area contributed by atoms with Gasteiger partial charge in [0, 0.05) is 12.7 Å². The van der Waals surface area contributed by atoms with Crippen molar-refractivity contribution in [3.05, 3.63) is 89.5 Å². The molecule has 0 saturated heterocycles. The molecule has 1 amide bonds. The first-order chi connectivity index (χ1) is 15.6. The highest BCUT2D eigenvalue weighted by Gasteiger charge is 2.13. The quantitative estimate of drug-likeness (QED) is 0.388. The standard InChI is InChI=1S/C26H28N4O2/c1-19-12-13-20(2)24(17-19)32-16-8-7-15-30-23-11-4-3-9-21(23)29-25(30)18-28-26(31)22-10-5-6-14-27-22/h3-6,9-14,17H,7-8,15-16,18H2,1-2H3,(H,28,31). The van der Waals surface area contributed by atoms with Crippen molar-refractivity contribution < 1.29 is 9.53 Å². The third-order valence-corrected chi connectivity index (χ3v) is 5.42. The normalized spacial score (nSPS) is 10.9. The van der Waals surface area contributed by atoms with E-state index in [-0.39, 0.29) is 5.91 Å². The van der Waals surface area contributed by atoms with Crippen LogP contribution >= 0.6 is 0 Å². The van der Waals surface area contributed by atoms with Crippen LogP contribution in [0.4, 0.5) is 0 Å². The predicted octanol–water partition coefficient (Wildman–Crippen LogP) is 4.84. The highest BCUT2D eigenvalue weighted by molar-refractivity contribution is 5.92. The summed E-state index contributed by atoms with van der Waals surface area (Å²) >= 11 is 0. The van der Waals surface area contributed by atoms with Gasteiger partial charge in [-0.25, -0.2) is 4.98 Å². The Labute approximate surface area is 188 Å². The van der Waals surface area contributed by atoms with E-state index in [1.807, 2.05) is 18.2 Å². The second kappa shape index (κ2) is 10.1. The number of nitrogens with zero attached hydrogens (tertiary/aromatic N) is 3. The van der Waals surface area contributed by atoms with Gasteiger partial charge in [0.05, 0.1) is 24.2 Å². The molecular formula is C26H28N4O2. The summed E-state index contributed by atoms with van der Waals surface area (Å²) in [5.41, 5.74) is 4.76. The number of pyridine rings is 1. The molecule has 0 aliphatic heterocycles. The first-order valence-corrected chi connectivity index (χ1v) is 11.0. The number of fused-ring (bicyclic) bond motifs is 1. The van der Waals surface area contributed by atoms with Crippen molar-refractivity contribution in [2.45, 2.75) is 39.8 Å². The zero-order chi connectivity index (χ0) is 22.3. The summed E-state index contributed by atoms with van der Waals surface area (Å²) in [6.45, 7) is 5.97. The number of imidazole rings is 1. The van der Waals surface area contributed by atoms with Gasteiger partial charge >= 0.3 is 0 Å². The number of para-hydroxylation sites is 2. The Balaban J connectivity index is 1.38. The highest BCUT2D eigenvalue weighted by atomic mass is 16.5. The zero-order valence-electron chi connectivity index (χ0n) is 18.5. The molecule has 0 spiro atoms. The number of benzene rings is 2. The van der Waals surface area contributed by atoms with E-state index in [1.54, 1.807) is 24.4 Å². The Bertz CT molecular complexity index is 1200. The van der Waals surface area contributed by atoms with Crippen molar-refractivity contribution in [2.24, 2.45) is 0 Å². The summed E-state index contributed by atoms with van der Waals surface area (Å²) in [4.78, 5) is 21.3. The lowest BCUT2D eigenvalue weighted by Gasteiger charge is -2.12. The Morgan fingerprint density at radius 3 is 2.72 bits per heavy atom. The van der Waals surface area contributed by atoms with Gasteiger partial charge in [-0.15, -0.1) is 0 Å². The number of aryl methyl sites for hydroxylation is 3. The van der Waals surface area contributed by atoms with Crippen LogP contribution < -0.4 is 10.1 Å². The summed E-state index contributed by atoms with van der Waals surface area (Å²) in [5.74, 6) is 1.59. The fourth-order valence-corrected chi connectivity index (χ4v) is 3.67. The predicted molar refractivity (Wildman–Crippen MR) is 126 cm³/mol. The average molecular weight is 429 g/mol. The van der Waals surface area contributed by atoms with Gasteiger partial charge in [0.15, 0.2) is 0 Å². The van der Waals surface area contributed by atoms with E-state index in [4.69, 9.17) is 9.72 Å². The molecule has 6 heteroatoms. The van der Waals surface area contributed by atoms with Gasteiger partial charge in [-0.05, 0) is 68.1 Å². The van der Waals surface area contributed by atoms with Gasteiger partial charge < -0.3 is 14.6 Å². The number of rotatable bonds is 9. The molecule has 0 bridgehead atoms. The van der Waals surface area contributed by atoms with Crippen molar-refractivity contribution in [1.29, 1.82) is 0 Å².